The van der Waals surface area contributed by atoms with Gasteiger partial charge in [0.05, 0.1) is 13.1 Å². The van der Waals surface area contributed by atoms with Crippen LogP contribution in [-0.4, -0.2) is 34.2 Å². The lowest BCUT2D eigenvalue weighted by atomic mass is 10.1. The Hall–Kier alpha value is -2.92. The molecule has 2 aromatic carbocycles. The van der Waals surface area contributed by atoms with Crippen molar-refractivity contribution < 1.29 is 9.59 Å². The van der Waals surface area contributed by atoms with E-state index in [1.54, 1.807) is 16.2 Å². The number of hydrogen-bond donors (Lipinski definition) is 0. The molecule has 0 saturated carbocycles. The summed E-state index contributed by atoms with van der Waals surface area (Å²) in [6.45, 7) is 5.11. The highest BCUT2D eigenvalue weighted by Gasteiger charge is 2.24. The number of rotatable bonds is 10. The molecule has 2 amide bonds. The summed E-state index contributed by atoms with van der Waals surface area (Å²) in [7, 11) is 0. The minimum Gasteiger partial charge on any atom is -0.332 e. The second kappa shape index (κ2) is 11.5. The number of carbonyl (C=O) groups excluding carboxylic acids is 2. The lowest BCUT2D eigenvalue weighted by molar-refractivity contribution is -0.142. The highest BCUT2D eigenvalue weighted by Crippen LogP contribution is 2.16. The average Bonchev–Trinajstić information content (AvgIpc) is 3.29. The van der Waals surface area contributed by atoms with Crippen molar-refractivity contribution >= 4 is 23.2 Å². The fourth-order valence-electron chi connectivity index (χ4n) is 3.47. The Morgan fingerprint density at radius 1 is 0.806 bits per heavy atom. The molecular formula is C26H30N2O2S. The smallest absolute Gasteiger partial charge is 0.242 e. The number of nitrogens with zero attached hydrogens (tertiary/aromatic N) is 2. The third kappa shape index (κ3) is 7.07. The summed E-state index contributed by atoms with van der Waals surface area (Å²) in [5, 5.41) is 2.02. The zero-order chi connectivity index (χ0) is 22.1. The summed E-state index contributed by atoms with van der Waals surface area (Å²) in [5.41, 5.74) is 2.22. The van der Waals surface area contributed by atoms with Crippen molar-refractivity contribution in [3.05, 3.63) is 94.2 Å². The number of amides is 2. The van der Waals surface area contributed by atoms with Crippen LogP contribution in [0.3, 0.4) is 0 Å². The van der Waals surface area contributed by atoms with E-state index in [1.807, 2.05) is 96.9 Å². The third-order valence-corrected chi connectivity index (χ3v) is 6.08. The highest BCUT2D eigenvalue weighted by atomic mass is 32.1. The van der Waals surface area contributed by atoms with Crippen molar-refractivity contribution in [3.63, 3.8) is 0 Å². The Labute approximate surface area is 189 Å². The first-order valence-corrected chi connectivity index (χ1v) is 11.6. The van der Waals surface area contributed by atoms with Crippen LogP contribution in [0.2, 0.25) is 0 Å². The molecule has 0 fully saturated rings. The molecule has 0 saturated heterocycles. The second-order valence-electron chi connectivity index (χ2n) is 7.92. The molecule has 1 aromatic heterocycles. The summed E-state index contributed by atoms with van der Waals surface area (Å²) >= 11 is 1.64. The van der Waals surface area contributed by atoms with Crippen molar-refractivity contribution in [3.8, 4) is 0 Å². The van der Waals surface area contributed by atoms with E-state index in [1.165, 1.54) is 0 Å². The Kier molecular flexibility index (Phi) is 8.42. The molecule has 4 nitrogen and oxygen atoms in total. The predicted molar refractivity (Wildman–Crippen MR) is 127 cm³/mol. The number of aryl methyl sites for hydroxylation is 1. The minimum absolute atomic E-state index is 0.0167. The summed E-state index contributed by atoms with van der Waals surface area (Å²) in [4.78, 5) is 30.9. The molecule has 0 atom stereocenters. The lowest BCUT2D eigenvalue weighted by Crippen LogP contribution is -2.45. The Morgan fingerprint density at radius 2 is 1.45 bits per heavy atom. The van der Waals surface area contributed by atoms with Crippen LogP contribution >= 0.6 is 11.3 Å². The van der Waals surface area contributed by atoms with Crippen LogP contribution in [0.4, 0.5) is 0 Å². The molecule has 0 N–H and O–H groups in total. The van der Waals surface area contributed by atoms with Gasteiger partial charge in [0.25, 0.3) is 0 Å². The molecule has 0 aliphatic rings. The Balaban J connectivity index is 1.68. The van der Waals surface area contributed by atoms with E-state index in [-0.39, 0.29) is 24.4 Å². The van der Waals surface area contributed by atoms with Gasteiger partial charge in [0.2, 0.25) is 11.8 Å². The van der Waals surface area contributed by atoms with Gasteiger partial charge in [0, 0.05) is 23.9 Å². The molecule has 0 aliphatic heterocycles. The van der Waals surface area contributed by atoms with Crippen LogP contribution in [0.15, 0.2) is 78.2 Å². The van der Waals surface area contributed by atoms with Gasteiger partial charge in [-0.3, -0.25) is 9.59 Å². The molecular weight excluding hydrogens is 404 g/mol. The third-order valence-electron chi connectivity index (χ3n) is 5.22. The van der Waals surface area contributed by atoms with E-state index in [0.29, 0.717) is 25.9 Å². The molecule has 162 valence electrons. The summed E-state index contributed by atoms with van der Waals surface area (Å²) in [5.74, 6) is -0.0120. The highest BCUT2D eigenvalue weighted by molar-refractivity contribution is 7.09. The van der Waals surface area contributed by atoms with Crippen LogP contribution < -0.4 is 0 Å². The second-order valence-corrected chi connectivity index (χ2v) is 8.95. The normalized spacial score (nSPS) is 10.8. The number of carbonyl (C=O) groups is 2. The first kappa shape index (κ1) is 22.8. The molecule has 1 heterocycles. The maximum Gasteiger partial charge on any atom is 0.242 e. The maximum atomic E-state index is 13.3. The monoisotopic (exact) mass is 434 g/mol. The molecule has 0 unspecified atom stereocenters. The van der Waals surface area contributed by atoms with Gasteiger partial charge in [0.15, 0.2) is 0 Å². The number of hydrogen-bond acceptors (Lipinski definition) is 3. The molecule has 0 bridgehead atoms. The number of benzene rings is 2. The van der Waals surface area contributed by atoms with Gasteiger partial charge in [-0.25, -0.2) is 0 Å². The van der Waals surface area contributed by atoms with E-state index in [2.05, 4.69) is 0 Å². The van der Waals surface area contributed by atoms with E-state index in [0.717, 1.165) is 16.0 Å². The van der Waals surface area contributed by atoms with Crippen molar-refractivity contribution in [2.45, 2.75) is 45.8 Å². The fraction of sp³-hybridized carbons (Fsp3) is 0.308. The average molecular weight is 435 g/mol. The Bertz CT molecular complexity index is 940. The standard InChI is InChI=1S/C26H30N2O2S/c1-21(2)28(25(29)16-15-22-10-5-3-6-11-22)20-26(30)27(19-24-14-9-17-31-24)18-23-12-7-4-8-13-23/h3-14,17,21H,15-16,18-20H2,1-2H3. The van der Waals surface area contributed by atoms with Crippen LogP contribution in [0.5, 0.6) is 0 Å². The van der Waals surface area contributed by atoms with Crippen molar-refractivity contribution in [2.24, 2.45) is 0 Å². The van der Waals surface area contributed by atoms with Crippen LogP contribution in [-0.2, 0) is 29.1 Å². The molecule has 0 aliphatic carbocycles. The van der Waals surface area contributed by atoms with Gasteiger partial charge in [-0.1, -0.05) is 66.7 Å². The van der Waals surface area contributed by atoms with Crippen molar-refractivity contribution in [2.75, 3.05) is 6.54 Å². The largest absolute Gasteiger partial charge is 0.332 e. The summed E-state index contributed by atoms with van der Waals surface area (Å²) in [6, 6.07) is 24.0. The van der Waals surface area contributed by atoms with Gasteiger partial charge < -0.3 is 9.80 Å². The van der Waals surface area contributed by atoms with E-state index in [9.17, 15) is 9.59 Å². The zero-order valence-electron chi connectivity index (χ0n) is 18.2. The van der Waals surface area contributed by atoms with Gasteiger partial charge in [-0.2, -0.15) is 0 Å². The first-order valence-electron chi connectivity index (χ1n) is 10.7. The SMILES string of the molecule is CC(C)N(CC(=O)N(Cc1ccccc1)Cc1cccs1)C(=O)CCc1ccccc1. The van der Waals surface area contributed by atoms with Crippen LogP contribution in [0, 0.1) is 0 Å². The van der Waals surface area contributed by atoms with Crippen LogP contribution in [0.1, 0.15) is 36.3 Å². The van der Waals surface area contributed by atoms with Gasteiger partial charge in [0.1, 0.15) is 0 Å². The minimum atomic E-state index is -0.0347. The van der Waals surface area contributed by atoms with Gasteiger partial charge >= 0.3 is 0 Å². The topological polar surface area (TPSA) is 40.6 Å². The quantitative estimate of drug-likeness (QED) is 0.443. The van der Waals surface area contributed by atoms with E-state index < -0.39 is 0 Å². The molecule has 5 heteroatoms. The summed E-state index contributed by atoms with van der Waals surface area (Å²) < 4.78 is 0. The predicted octanol–water partition coefficient (Wildman–Crippen LogP) is 5.15. The molecule has 3 rings (SSSR count). The maximum absolute atomic E-state index is 13.3. The number of thiophene rings is 1. The first-order chi connectivity index (χ1) is 15.0. The van der Waals surface area contributed by atoms with Crippen LogP contribution in [0.25, 0.3) is 0 Å². The van der Waals surface area contributed by atoms with Gasteiger partial charge in [-0.15, -0.1) is 11.3 Å². The van der Waals surface area contributed by atoms with Gasteiger partial charge in [-0.05, 0) is 42.8 Å². The van der Waals surface area contributed by atoms with Crippen molar-refractivity contribution in [1.29, 1.82) is 0 Å². The van der Waals surface area contributed by atoms with E-state index in [4.69, 9.17) is 0 Å². The fourth-order valence-corrected chi connectivity index (χ4v) is 4.19. The lowest BCUT2D eigenvalue weighted by Gasteiger charge is -2.30. The summed E-state index contributed by atoms with van der Waals surface area (Å²) in [6.07, 6.45) is 1.08. The Morgan fingerprint density at radius 3 is 2.03 bits per heavy atom. The molecule has 31 heavy (non-hydrogen) atoms. The van der Waals surface area contributed by atoms with E-state index >= 15 is 0 Å². The molecule has 3 aromatic rings. The molecule has 0 radical (unpaired) electrons. The molecule has 0 spiro atoms. The zero-order valence-corrected chi connectivity index (χ0v) is 19.1. The van der Waals surface area contributed by atoms with Crippen molar-refractivity contribution in [1.82, 2.24) is 9.80 Å².